The second kappa shape index (κ2) is 4.06. The molecule has 0 spiro atoms. The summed E-state index contributed by atoms with van der Waals surface area (Å²) in [6, 6.07) is 4.84. The Labute approximate surface area is 89.3 Å². The van der Waals surface area contributed by atoms with E-state index in [-0.39, 0.29) is 5.82 Å². The van der Waals surface area contributed by atoms with Gasteiger partial charge in [-0.15, -0.1) is 0 Å². The van der Waals surface area contributed by atoms with Crippen molar-refractivity contribution in [3.8, 4) is 0 Å². The van der Waals surface area contributed by atoms with Gasteiger partial charge in [-0.1, -0.05) is 0 Å². The zero-order valence-electron chi connectivity index (χ0n) is 8.62. The van der Waals surface area contributed by atoms with Crippen molar-refractivity contribution in [1.82, 2.24) is 4.90 Å². The topological polar surface area (TPSA) is 32.5 Å². The van der Waals surface area contributed by atoms with E-state index in [0.717, 1.165) is 26.2 Å². The van der Waals surface area contributed by atoms with Gasteiger partial charge in [-0.05, 0) is 18.2 Å². The lowest BCUT2D eigenvalue weighted by Gasteiger charge is -2.34. The summed E-state index contributed by atoms with van der Waals surface area (Å²) in [5, 5.41) is 0. The summed E-state index contributed by atoms with van der Waals surface area (Å²) in [5.41, 5.74) is 6.60. The molecule has 1 heterocycles. The first-order chi connectivity index (χ1) is 7.16. The fourth-order valence-electron chi connectivity index (χ4n) is 1.77. The Morgan fingerprint density at radius 1 is 1.20 bits per heavy atom. The molecule has 15 heavy (non-hydrogen) atoms. The van der Waals surface area contributed by atoms with Crippen molar-refractivity contribution in [2.45, 2.75) is 0 Å². The Hall–Kier alpha value is -1.29. The molecule has 0 saturated carbocycles. The van der Waals surface area contributed by atoms with Crippen LogP contribution in [0.4, 0.5) is 15.8 Å². The average molecular weight is 208 g/mol. The first-order valence-electron chi connectivity index (χ1n) is 5.02. The molecular formula is C11H15FN3. The Bertz CT molecular complexity index is 346. The van der Waals surface area contributed by atoms with E-state index in [9.17, 15) is 4.39 Å². The molecule has 0 unspecified atom stereocenters. The van der Waals surface area contributed by atoms with Crippen molar-refractivity contribution in [2.24, 2.45) is 0 Å². The van der Waals surface area contributed by atoms with Crippen LogP contribution in [-0.2, 0) is 0 Å². The molecule has 4 heteroatoms. The number of piperazine rings is 1. The van der Waals surface area contributed by atoms with Crippen molar-refractivity contribution in [3.63, 3.8) is 0 Å². The van der Waals surface area contributed by atoms with Gasteiger partial charge in [0.1, 0.15) is 5.82 Å². The summed E-state index contributed by atoms with van der Waals surface area (Å²) < 4.78 is 13.6. The van der Waals surface area contributed by atoms with Crippen LogP contribution in [0.3, 0.4) is 0 Å². The Balaban J connectivity index is 2.15. The number of anilines is 2. The van der Waals surface area contributed by atoms with Crippen LogP contribution in [0.15, 0.2) is 18.2 Å². The van der Waals surface area contributed by atoms with Gasteiger partial charge in [-0.3, -0.25) is 4.90 Å². The highest BCUT2D eigenvalue weighted by atomic mass is 19.1. The zero-order valence-corrected chi connectivity index (χ0v) is 8.62. The SMILES string of the molecule is [CH2]N1CCN(c2ccc(N)cc2F)CC1. The van der Waals surface area contributed by atoms with Crippen LogP contribution in [0.2, 0.25) is 0 Å². The number of nitrogen functional groups attached to an aromatic ring is 1. The van der Waals surface area contributed by atoms with Gasteiger partial charge >= 0.3 is 0 Å². The van der Waals surface area contributed by atoms with E-state index < -0.39 is 0 Å². The summed E-state index contributed by atoms with van der Waals surface area (Å²) in [6.07, 6.45) is 0. The molecule has 2 N–H and O–H groups in total. The molecule has 0 bridgehead atoms. The molecule has 0 aromatic heterocycles. The molecule has 81 valence electrons. The number of benzene rings is 1. The lowest BCUT2D eigenvalue weighted by Crippen LogP contribution is -2.44. The van der Waals surface area contributed by atoms with E-state index in [4.69, 9.17) is 5.73 Å². The van der Waals surface area contributed by atoms with Gasteiger partial charge in [-0.2, -0.15) is 0 Å². The maximum absolute atomic E-state index is 13.6. The van der Waals surface area contributed by atoms with Crippen molar-refractivity contribution in [3.05, 3.63) is 31.1 Å². The smallest absolute Gasteiger partial charge is 0.148 e. The normalized spacial score (nSPS) is 18.1. The molecule has 0 atom stereocenters. The highest BCUT2D eigenvalue weighted by Gasteiger charge is 2.16. The molecule has 1 saturated heterocycles. The summed E-state index contributed by atoms with van der Waals surface area (Å²) in [7, 11) is 3.86. The van der Waals surface area contributed by atoms with Gasteiger partial charge in [0, 0.05) is 38.9 Å². The fourth-order valence-corrected chi connectivity index (χ4v) is 1.77. The van der Waals surface area contributed by atoms with Crippen LogP contribution in [0, 0.1) is 12.9 Å². The summed E-state index contributed by atoms with van der Waals surface area (Å²) in [5.74, 6) is -0.243. The molecular weight excluding hydrogens is 193 g/mol. The fraction of sp³-hybridized carbons (Fsp3) is 0.364. The summed E-state index contributed by atoms with van der Waals surface area (Å²) in [6.45, 7) is 3.35. The minimum absolute atomic E-state index is 0.243. The first kappa shape index (κ1) is 10.2. The molecule has 0 amide bonds. The molecule has 0 aliphatic carbocycles. The number of nitrogens with two attached hydrogens (primary N) is 1. The number of nitrogens with zero attached hydrogens (tertiary/aromatic N) is 2. The number of hydrogen-bond acceptors (Lipinski definition) is 3. The molecule has 3 nitrogen and oxygen atoms in total. The van der Waals surface area contributed by atoms with E-state index in [0.29, 0.717) is 11.4 Å². The maximum atomic E-state index is 13.6. The highest BCUT2D eigenvalue weighted by Crippen LogP contribution is 2.22. The predicted octanol–water partition coefficient (Wildman–Crippen LogP) is 1.32. The third kappa shape index (κ3) is 2.21. The summed E-state index contributed by atoms with van der Waals surface area (Å²) in [4.78, 5) is 4.02. The minimum atomic E-state index is -0.243. The standard InChI is InChI=1S/C11H15FN3/c1-14-4-6-15(7-5-14)11-3-2-9(13)8-10(11)12/h2-3,8H,1,4-7,13H2. The third-order valence-electron chi connectivity index (χ3n) is 2.68. The quantitative estimate of drug-likeness (QED) is 0.706. The first-order valence-corrected chi connectivity index (χ1v) is 5.02. The molecule has 1 aliphatic heterocycles. The van der Waals surface area contributed by atoms with Gasteiger partial charge in [0.25, 0.3) is 0 Å². The van der Waals surface area contributed by atoms with E-state index in [1.165, 1.54) is 6.07 Å². The second-order valence-electron chi connectivity index (χ2n) is 3.82. The summed E-state index contributed by atoms with van der Waals surface area (Å²) >= 11 is 0. The zero-order chi connectivity index (χ0) is 10.8. The van der Waals surface area contributed by atoms with Crippen LogP contribution >= 0.6 is 0 Å². The third-order valence-corrected chi connectivity index (χ3v) is 2.68. The van der Waals surface area contributed by atoms with E-state index in [2.05, 4.69) is 7.05 Å². The largest absolute Gasteiger partial charge is 0.399 e. The lowest BCUT2D eigenvalue weighted by atomic mass is 10.2. The van der Waals surface area contributed by atoms with Crippen LogP contribution < -0.4 is 10.6 Å². The van der Waals surface area contributed by atoms with Gasteiger partial charge in [0.2, 0.25) is 0 Å². The predicted molar refractivity (Wildman–Crippen MR) is 60.0 cm³/mol. The van der Waals surface area contributed by atoms with Crippen LogP contribution in [0.25, 0.3) is 0 Å². The number of halogens is 1. The van der Waals surface area contributed by atoms with Crippen molar-refractivity contribution in [2.75, 3.05) is 36.8 Å². The van der Waals surface area contributed by atoms with Gasteiger partial charge in [0.15, 0.2) is 0 Å². The van der Waals surface area contributed by atoms with Crippen LogP contribution in [0.1, 0.15) is 0 Å². The average Bonchev–Trinajstić information content (AvgIpc) is 2.20. The Morgan fingerprint density at radius 2 is 1.87 bits per heavy atom. The molecule has 1 aromatic carbocycles. The Kier molecular flexibility index (Phi) is 2.77. The van der Waals surface area contributed by atoms with Crippen LogP contribution in [-0.4, -0.2) is 31.1 Å². The molecule has 1 radical (unpaired) electrons. The van der Waals surface area contributed by atoms with Crippen LogP contribution in [0.5, 0.6) is 0 Å². The molecule has 1 aliphatic rings. The van der Waals surface area contributed by atoms with Gasteiger partial charge in [0.05, 0.1) is 5.69 Å². The molecule has 2 rings (SSSR count). The van der Waals surface area contributed by atoms with Crippen molar-refractivity contribution in [1.29, 1.82) is 0 Å². The van der Waals surface area contributed by atoms with Gasteiger partial charge < -0.3 is 10.6 Å². The number of rotatable bonds is 1. The van der Waals surface area contributed by atoms with Crippen molar-refractivity contribution < 1.29 is 4.39 Å². The van der Waals surface area contributed by atoms with E-state index in [1.807, 2.05) is 9.80 Å². The lowest BCUT2D eigenvalue weighted by molar-refractivity contribution is 0.343. The van der Waals surface area contributed by atoms with Gasteiger partial charge in [-0.25, -0.2) is 4.39 Å². The monoisotopic (exact) mass is 208 g/mol. The second-order valence-corrected chi connectivity index (χ2v) is 3.82. The minimum Gasteiger partial charge on any atom is -0.399 e. The molecule has 1 fully saturated rings. The molecule has 1 aromatic rings. The van der Waals surface area contributed by atoms with Crippen molar-refractivity contribution >= 4 is 11.4 Å². The maximum Gasteiger partial charge on any atom is 0.148 e. The van der Waals surface area contributed by atoms with E-state index >= 15 is 0 Å². The Morgan fingerprint density at radius 3 is 2.47 bits per heavy atom. The number of hydrogen-bond donors (Lipinski definition) is 1. The van der Waals surface area contributed by atoms with E-state index in [1.54, 1.807) is 12.1 Å². The highest BCUT2D eigenvalue weighted by molar-refractivity contribution is 5.54.